The highest BCUT2D eigenvalue weighted by Crippen LogP contribution is 2.32. The second kappa shape index (κ2) is 11.4. The minimum atomic E-state index is -0.458. The predicted molar refractivity (Wildman–Crippen MR) is 126 cm³/mol. The third-order valence-electron chi connectivity index (χ3n) is 4.24. The van der Waals surface area contributed by atoms with Crippen molar-refractivity contribution in [1.82, 2.24) is 0 Å². The molecule has 0 aromatic heterocycles. The van der Waals surface area contributed by atoms with Crippen molar-refractivity contribution >= 4 is 50.4 Å². The molecule has 2 atom stereocenters. The largest absolute Gasteiger partial charge is 0.461 e. The lowest BCUT2D eigenvalue weighted by Gasteiger charge is -2.09. The highest BCUT2D eigenvalue weighted by molar-refractivity contribution is 9.10. The van der Waals surface area contributed by atoms with E-state index in [9.17, 15) is 9.59 Å². The lowest BCUT2D eigenvalue weighted by atomic mass is 10.2. The van der Waals surface area contributed by atoms with Crippen molar-refractivity contribution in [2.24, 2.45) is 0 Å². The maximum Gasteiger partial charge on any atom is 0.338 e. The van der Waals surface area contributed by atoms with Crippen LogP contribution in [0.2, 0.25) is 5.02 Å². The zero-order valence-corrected chi connectivity index (χ0v) is 20.0. The minimum absolute atomic E-state index is 0.00517. The number of benzene rings is 3. The average molecular weight is 521 g/mol. The Kier molecular flexibility index (Phi) is 8.58. The standard InChI is InChI=1S/C24H21BrClO4S/c1-17(25)23(27)29-15-16-30-24(28)18-7-11-21(12-8-18)31(20-5-3-2-4-6-20)22-13-9-19(26)10-14-22/h2-14,17H,15-16H2,1H3/q+1. The van der Waals surface area contributed by atoms with E-state index >= 15 is 0 Å². The summed E-state index contributed by atoms with van der Waals surface area (Å²) in [7, 11) is -0.334. The molecule has 3 aromatic carbocycles. The van der Waals surface area contributed by atoms with Gasteiger partial charge in [-0.2, -0.15) is 0 Å². The normalized spacial score (nSPS) is 12.6. The second-order valence-electron chi connectivity index (χ2n) is 6.52. The van der Waals surface area contributed by atoms with Gasteiger partial charge in [0.1, 0.15) is 18.0 Å². The van der Waals surface area contributed by atoms with E-state index in [1.54, 1.807) is 19.1 Å². The summed E-state index contributed by atoms with van der Waals surface area (Å²) < 4.78 is 10.2. The van der Waals surface area contributed by atoms with Crippen LogP contribution in [0.4, 0.5) is 0 Å². The molecule has 0 aliphatic heterocycles. The SMILES string of the molecule is CC(Br)C(=O)OCCOC(=O)c1ccc([S+](c2ccccc2)c2ccc(Cl)cc2)cc1. The molecule has 2 unspecified atom stereocenters. The van der Waals surface area contributed by atoms with Gasteiger partial charge in [-0.05, 0) is 67.6 Å². The Morgan fingerprint density at radius 1 is 0.839 bits per heavy atom. The first-order chi connectivity index (χ1) is 15.0. The quantitative estimate of drug-likeness (QED) is 0.160. The van der Waals surface area contributed by atoms with Gasteiger partial charge in [0.2, 0.25) is 0 Å². The van der Waals surface area contributed by atoms with Crippen molar-refractivity contribution in [2.45, 2.75) is 26.4 Å². The summed E-state index contributed by atoms with van der Waals surface area (Å²) >= 11 is 9.20. The van der Waals surface area contributed by atoms with Crippen molar-refractivity contribution < 1.29 is 19.1 Å². The summed E-state index contributed by atoms with van der Waals surface area (Å²) in [5.74, 6) is -0.851. The Labute approximate surface area is 198 Å². The first-order valence-corrected chi connectivity index (χ1v) is 12.1. The first-order valence-electron chi connectivity index (χ1n) is 9.58. The number of hydrogen-bond acceptors (Lipinski definition) is 4. The second-order valence-corrected chi connectivity index (χ2v) is 10.4. The molecule has 0 fully saturated rings. The molecule has 0 radical (unpaired) electrons. The molecular weight excluding hydrogens is 500 g/mol. The van der Waals surface area contributed by atoms with Crippen molar-refractivity contribution in [3.8, 4) is 0 Å². The fraction of sp³-hybridized carbons (Fsp3) is 0.167. The van der Waals surface area contributed by atoms with Gasteiger partial charge in [-0.1, -0.05) is 45.7 Å². The molecule has 4 nitrogen and oxygen atoms in total. The van der Waals surface area contributed by atoms with Crippen LogP contribution in [0, 0.1) is 0 Å². The molecule has 3 aromatic rings. The summed E-state index contributed by atoms with van der Waals surface area (Å²) in [6.07, 6.45) is 0. The van der Waals surface area contributed by atoms with E-state index in [-0.39, 0.29) is 24.1 Å². The molecule has 0 spiro atoms. The fourth-order valence-electron chi connectivity index (χ4n) is 2.74. The molecule has 0 aliphatic carbocycles. The van der Waals surface area contributed by atoms with E-state index in [0.29, 0.717) is 10.6 Å². The summed E-state index contributed by atoms with van der Waals surface area (Å²) in [4.78, 5) is 26.7. The van der Waals surface area contributed by atoms with E-state index in [4.69, 9.17) is 21.1 Å². The molecule has 0 N–H and O–H groups in total. The van der Waals surface area contributed by atoms with Gasteiger partial charge < -0.3 is 9.47 Å². The average Bonchev–Trinajstić information content (AvgIpc) is 2.79. The summed E-state index contributed by atoms with van der Waals surface area (Å²) in [6.45, 7) is 1.70. The van der Waals surface area contributed by atoms with Crippen molar-refractivity contribution in [3.63, 3.8) is 0 Å². The number of hydrogen-bond donors (Lipinski definition) is 0. The van der Waals surface area contributed by atoms with Crippen molar-refractivity contribution in [1.29, 1.82) is 0 Å². The van der Waals surface area contributed by atoms with Crippen LogP contribution in [0.25, 0.3) is 0 Å². The van der Waals surface area contributed by atoms with Crippen LogP contribution in [-0.2, 0) is 25.2 Å². The van der Waals surface area contributed by atoms with Gasteiger partial charge in [0, 0.05) is 5.02 Å². The predicted octanol–water partition coefficient (Wildman–Crippen LogP) is 5.92. The Balaban J connectivity index is 1.72. The topological polar surface area (TPSA) is 52.6 Å². The molecule has 0 amide bonds. The minimum Gasteiger partial charge on any atom is -0.461 e. The molecule has 160 valence electrons. The van der Waals surface area contributed by atoms with Gasteiger partial charge >= 0.3 is 11.9 Å². The highest BCUT2D eigenvalue weighted by Gasteiger charge is 2.28. The third kappa shape index (κ3) is 6.60. The number of halogens is 2. The number of carbonyl (C=O) groups is 2. The lowest BCUT2D eigenvalue weighted by Crippen LogP contribution is -2.18. The highest BCUT2D eigenvalue weighted by atomic mass is 79.9. The van der Waals surface area contributed by atoms with Crippen molar-refractivity contribution in [3.05, 3.63) is 89.4 Å². The van der Waals surface area contributed by atoms with Crippen LogP contribution in [-0.4, -0.2) is 30.0 Å². The Morgan fingerprint density at radius 2 is 1.35 bits per heavy atom. The Hall–Kier alpha value is -2.28. The van der Waals surface area contributed by atoms with E-state index < -0.39 is 16.8 Å². The van der Waals surface area contributed by atoms with Gasteiger partial charge in [-0.15, -0.1) is 0 Å². The maximum atomic E-state index is 12.3. The summed E-state index contributed by atoms with van der Waals surface area (Å²) in [5.41, 5.74) is 0.441. The molecule has 7 heteroatoms. The summed E-state index contributed by atoms with van der Waals surface area (Å²) in [5, 5.41) is 0.690. The molecule has 0 bridgehead atoms. The maximum absolute atomic E-state index is 12.3. The molecule has 31 heavy (non-hydrogen) atoms. The molecule has 0 aliphatic rings. The van der Waals surface area contributed by atoms with Crippen LogP contribution in [0.15, 0.2) is 93.5 Å². The van der Waals surface area contributed by atoms with Gasteiger partial charge in [0.15, 0.2) is 14.7 Å². The Bertz CT molecular complexity index is 1010. The van der Waals surface area contributed by atoms with Gasteiger partial charge in [0.05, 0.1) is 16.5 Å². The molecule has 3 rings (SSSR count). The van der Waals surface area contributed by atoms with Gasteiger partial charge in [-0.25, -0.2) is 4.79 Å². The van der Waals surface area contributed by atoms with Gasteiger partial charge in [-0.3, -0.25) is 4.79 Å². The van der Waals surface area contributed by atoms with Crippen molar-refractivity contribution in [2.75, 3.05) is 13.2 Å². The number of esters is 2. The van der Waals surface area contributed by atoms with Crippen LogP contribution >= 0.6 is 27.5 Å². The molecule has 0 saturated carbocycles. The first kappa shape index (κ1) is 23.4. The van der Waals surface area contributed by atoms with Crippen LogP contribution < -0.4 is 0 Å². The summed E-state index contributed by atoms with van der Waals surface area (Å²) in [6, 6.07) is 25.4. The molecule has 0 saturated heterocycles. The van der Waals surface area contributed by atoms with Gasteiger partial charge in [0.25, 0.3) is 0 Å². The van der Waals surface area contributed by atoms with Crippen LogP contribution in [0.3, 0.4) is 0 Å². The third-order valence-corrected chi connectivity index (χ3v) is 7.10. The van der Waals surface area contributed by atoms with Crippen LogP contribution in [0.5, 0.6) is 0 Å². The zero-order chi connectivity index (χ0) is 22.2. The fourth-order valence-corrected chi connectivity index (χ4v) is 5.06. The smallest absolute Gasteiger partial charge is 0.338 e. The number of carbonyl (C=O) groups excluding carboxylic acids is 2. The number of ether oxygens (including phenoxy) is 2. The zero-order valence-electron chi connectivity index (χ0n) is 16.8. The van der Waals surface area contributed by atoms with Crippen LogP contribution in [0.1, 0.15) is 17.3 Å². The monoisotopic (exact) mass is 519 g/mol. The Morgan fingerprint density at radius 3 is 1.94 bits per heavy atom. The van der Waals surface area contributed by atoms with E-state index in [1.807, 2.05) is 54.6 Å². The lowest BCUT2D eigenvalue weighted by molar-refractivity contribution is -0.143. The molecular formula is C24H21BrClO4S+. The van der Waals surface area contributed by atoms with E-state index in [2.05, 4.69) is 28.1 Å². The number of rotatable bonds is 8. The van der Waals surface area contributed by atoms with E-state index in [1.165, 1.54) is 4.90 Å². The molecule has 0 heterocycles. The van der Waals surface area contributed by atoms with E-state index in [0.717, 1.165) is 9.79 Å². The number of alkyl halides is 1.